The van der Waals surface area contributed by atoms with Crippen molar-refractivity contribution < 1.29 is 4.42 Å². The third-order valence-corrected chi connectivity index (χ3v) is 3.78. The van der Waals surface area contributed by atoms with E-state index in [0.29, 0.717) is 5.89 Å². The maximum Gasteiger partial charge on any atom is 0.229 e. The van der Waals surface area contributed by atoms with Gasteiger partial charge in [0.2, 0.25) is 5.89 Å². The lowest BCUT2D eigenvalue weighted by Crippen LogP contribution is -2.00. The van der Waals surface area contributed by atoms with Gasteiger partial charge in [0.1, 0.15) is 5.52 Å². The number of rotatable bonds is 4. The molecule has 112 valence electrons. The molecular formula is C20H16N2O. The SMILES string of the molecule is c1ccc(CNc2ccccc2-c2nc3ccccc3o2)cc1. The van der Waals surface area contributed by atoms with Crippen LogP contribution < -0.4 is 5.32 Å². The van der Waals surface area contributed by atoms with E-state index < -0.39 is 0 Å². The van der Waals surface area contributed by atoms with E-state index in [-0.39, 0.29) is 0 Å². The van der Waals surface area contributed by atoms with Crippen LogP contribution in [0, 0.1) is 0 Å². The topological polar surface area (TPSA) is 38.1 Å². The van der Waals surface area contributed by atoms with Crippen LogP contribution in [0.2, 0.25) is 0 Å². The number of nitrogens with one attached hydrogen (secondary N) is 1. The highest BCUT2D eigenvalue weighted by Gasteiger charge is 2.11. The van der Waals surface area contributed by atoms with Crippen molar-refractivity contribution in [1.29, 1.82) is 0 Å². The molecule has 3 heteroatoms. The normalized spacial score (nSPS) is 10.8. The van der Waals surface area contributed by atoms with Crippen LogP contribution in [-0.4, -0.2) is 4.98 Å². The predicted octanol–water partition coefficient (Wildman–Crippen LogP) is 5.11. The second-order valence-electron chi connectivity index (χ2n) is 5.37. The van der Waals surface area contributed by atoms with Gasteiger partial charge >= 0.3 is 0 Å². The highest BCUT2D eigenvalue weighted by atomic mass is 16.3. The maximum atomic E-state index is 5.90. The molecule has 0 saturated heterocycles. The Balaban J connectivity index is 1.66. The Morgan fingerprint density at radius 1 is 0.783 bits per heavy atom. The van der Waals surface area contributed by atoms with Gasteiger partial charge < -0.3 is 9.73 Å². The molecule has 0 aliphatic heterocycles. The fraction of sp³-hybridized carbons (Fsp3) is 0.0500. The number of hydrogen-bond acceptors (Lipinski definition) is 3. The van der Waals surface area contributed by atoms with Gasteiger partial charge in [0, 0.05) is 12.2 Å². The number of hydrogen-bond donors (Lipinski definition) is 1. The van der Waals surface area contributed by atoms with Gasteiger partial charge in [0.25, 0.3) is 0 Å². The van der Waals surface area contributed by atoms with Gasteiger partial charge in [-0.1, -0.05) is 54.6 Å². The van der Waals surface area contributed by atoms with Crippen molar-refractivity contribution in [3.8, 4) is 11.5 Å². The summed E-state index contributed by atoms with van der Waals surface area (Å²) in [7, 11) is 0. The van der Waals surface area contributed by atoms with Crippen molar-refractivity contribution in [1.82, 2.24) is 4.98 Å². The number of aromatic nitrogens is 1. The molecule has 0 amide bonds. The van der Waals surface area contributed by atoms with Crippen LogP contribution in [0.1, 0.15) is 5.56 Å². The Hall–Kier alpha value is -3.07. The van der Waals surface area contributed by atoms with Crippen LogP contribution in [-0.2, 0) is 6.54 Å². The largest absolute Gasteiger partial charge is 0.436 e. The second kappa shape index (κ2) is 5.97. The summed E-state index contributed by atoms with van der Waals surface area (Å²) in [4.78, 5) is 4.59. The van der Waals surface area contributed by atoms with Gasteiger partial charge in [-0.2, -0.15) is 0 Å². The predicted molar refractivity (Wildman–Crippen MR) is 93.2 cm³/mol. The molecule has 3 nitrogen and oxygen atoms in total. The van der Waals surface area contributed by atoms with E-state index >= 15 is 0 Å². The molecule has 3 aromatic carbocycles. The molecule has 23 heavy (non-hydrogen) atoms. The van der Waals surface area contributed by atoms with Gasteiger partial charge in [-0.3, -0.25) is 0 Å². The molecule has 1 aromatic heterocycles. The first-order valence-electron chi connectivity index (χ1n) is 7.63. The summed E-state index contributed by atoms with van der Waals surface area (Å²) >= 11 is 0. The average Bonchev–Trinajstić information content (AvgIpc) is 3.05. The fourth-order valence-electron chi connectivity index (χ4n) is 2.60. The molecule has 0 spiro atoms. The molecule has 0 fully saturated rings. The third kappa shape index (κ3) is 2.81. The molecule has 0 aliphatic carbocycles. The van der Waals surface area contributed by atoms with Gasteiger partial charge in [-0.15, -0.1) is 0 Å². The van der Waals surface area contributed by atoms with E-state index in [1.54, 1.807) is 0 Å². The van der Waals surface area contributed by atoms with Crippen LogP contribution in [0.5, 0.6) is 0 Å². The Kier molecular flexibility index (Phi) is 3.53. The molecule has 1 N–H and O–H groups in total. The molecular weight excluding hydrogens is 284 g/mol. The van der Waals surface area contributed by atoms with E-state index in [4.69, 9.17) is 4.42 Å². The first-order chi connectivity index (χ1) is 11.4. The molecule has 4 aromatic rings. The monoisotopic (exact) mass is 300 g/mol. The molecule has 1 heterocycles. The number of anilines is 1. The van der Waals surface area contributed by atoms with Crippen LogP contribution in [0.25, 0.3) is 22.6 Å². The quantitative estimate of drug-likeness (QED) is 0.569. The summed E-state index contributed by atoms with van der Waals surface area (Å²) in [5, 5.41) is 3.47. The van der Waals surface area contributed by atoms with E-state index in [2.05, 4.69) is 22.4 Å². The van der Waals surface area contributed by atoms with Gasteiger partial charge in [0.15, 0.2) is 5.58 Å². The molecule has 0 atom stereocenters. The van der Waals surface area contributed by atoms with Crippen molar-refractivity contribution in [2.45, 2.75) is 6.54 Å². The summed E-state index contributed by atoms with van der Waals surface area (Å²) in [5.41, 5.74) is 4.91. The van der Waals surface area contributed by atoms with Crippen LogP contribution in [0.3, 0.4) is 0 Å². The van der Waals surface area contributed by atoms with Crippen LogP contribution in [0.15, 0.2) is 83.3 Å². The van der Waals surface area contributed by atoms with Crippen molar-refractivity contribution in [2.75, 3.05) is 5.32 Å². The fourth-order valence-corrected chi connectivity index (χ4v) is 2.60. The van der Waals surface area contributed by atoms with Gasteiger partial charge in [0.05, 0.1) is 5.56 Å². The summed E-state index contributed by atoms with van der Waals surface area (Å²) in [6.45, 7) is 0.762. The van der Waals surface area contributed by atoms with Crippen LogP contribution >= 0.6 is 0 Å². The summed E-state index contributed by atoms with van der Waals surface area (Å²) in [5.74, 6) is 0.641. The van der Waals surface area contributed by atoms with E-state index in [9.17, 15) is 0 Å². The molecule has 0 radical (unpaired) electrons. The smallest absolute Gasteiger partial charge is 0.229 e. The minimum atomic E-state index is 0.641. The highest BCUT2D eigenvalue weighted by Crippen LogP contribution is 2.30. The average molecular weight is 300 g/mol. The van der Waals surface area contributed by atoms with Gasteiger partial charge in [-0.25, -0.2) is 4.98 Å². The zero-order valence-electron chi connectivity index (χ0n) is 12.6. The number of para-hydroxylation sites is 3. The van der Waals surface area contributed by atoms with Gasteiger partial charge in [-0.05, 0) is 29.8 Å². The molecule has 4 rings (SSSR count). The van der Waals surface area contributed by atoms with E-state index in [1.165, 1.54) is 5.56 Å². The van der Waals surface area contributed by atoms with Crippen molar-refractivity contribution in [3.63, 3.8) is 0 Å². The second-order valence-corrected chi connectivity index (χ2v) is 5.37. The first-order valence-corrected chi connectivity index (χ1v) is 7.63. The molecule has 0 aliphatic rings. The lowest BCUT2D eigenvalue weighted by molar-refractivity contribution is 0.620. The van der Waals surface area contributed by atoms with Crippen molar-refractivity contribution in [3.05, 3.63) is 84.4 Å². The van der Waals surface area contributed by atoms with E-state index in [1.807, 2.05) is 66.7 Å². The number of fused-ring (bicyclic) bond motifs is 1. The lowest BCUT2D eigenvalue weighted by Gasteiger charge is -2.09. The Bertz CT molecular complexity index is 895. The zero-order chi connectivity index (χ0) is 15.5. The third-order valence-electron chi connectivity index (χ3n) is 3.78. The molecule has 0 saturated carbocycles. The Morgan fingerprint density at radius 3 is 2.39 bits per heavy atom. The molecule has 0 bridgehead atoms. The zero-order valence-corrected chi connectivity index (χ0v) is 12.6. The Morgan fingerprint density at radius 2 is 1.52 bits per heavy atom. The summed E-state index contributed by atoms with van der Waals surface area (Å²) in [6, 6.07) is 26.2. The minimum absolute atomic E-state index is 0.641. The number of oxazole rings is 1. The standard InChI is InChI=1S/C20H16N2O/c1-2-8-15(9-3-1)14-21-17-11-5-4-10-16(17)20-22-18-12-6-7-13-19(18)23-20/h1-13,21H,14H2. The van der Waals surface area contributed by atoms with Crippen molar-refractivity contribution in [2.24, 2.45) is 0 Å². The molecule has 0 unspecified atom stereocenters. The maximum absolute atomic E-state index is 5.90. The number of nitrogens with zero attached hydrogens (tertiary/aromatic N) is 1. The van der Waals surface area contributed by atoms with E-state index in [0.717, 1.165) is 28.9 Å². The minimum Gasteiger partial charge on any atom is -0.436 e. The van der Waals surface area contributed by atoms with Crippen molar-refractivity contribution >= 4 is 16.8 Å². The lowest BCUT2D eigenvalue weighted by atomic mass is 10.1. The highest BCUT2D eigenvalue weighted by molar-refractivity contribution is 5.80. The number of benzene rings is 3. The first kappa shape index (κ1) is 13.6. The van der Waals surface area contributed by atoms with Crippen LogP contribution in [0.4, 0.5) is 5.69 Å². The summed E-state index contributed by atoms with van der Waals surface area (Å²) in [6.07, 6.45) is 0. The Labute approximate surface area is 134 Å². The summed E-state index contributed by atoms with van der Waals surface area (Å²) < 4.78 is 5.90.